The van der Waals surface area contributed by atoms with Crippen molar-refractivity contribution in [2.45, 2.75) is 63.1 Å². The van der Waals surface area contributed by atoms with E-state index >= 15 is 0 Å². The van der Waals surface area contributed by atoms with Crippen LogP contribution in [0.4, 0.5) is 0 Å². The Kier molecular flexibility index (Phi) is 2.02. The van der Waals surface area contributed by atoms with Crippen molar-refractivity contribution in [1.29, 1.82) is 5.26 Å². The van der Waals surface area contributed by atoms with E-state index in [1.54, 1.807) is 0 Å². The first kappa shape index (κ1) is 8.73. The zero-order valence-corrected chi connectivity index (χ0v) is 8.65. The van der Waals surface area contributed by atoms with E-state index in [-0.39, 0.29) is 0 Å². The van der Waals surface area contributed by atoms with Crippen LogP contribution in [0.2, 0.25) is 0 Å². The first-order valence-electron chi connectivity index (χ1n) is 6.03. The van der Waals surface area contributed by atoms with Crippen LogP contribution in [0.1, 0.15) is 44.9 Å². The highest BCUT2D eigenvalue weighted by Crippen LogP contribution is 2.45. The fourth-order valence-electron chi connectivity index (χ4n) is 3.59. The lowest BCUT2D eigenvalue weighted by Crippen LogP contribution is -2.44. The van der Waals surface area contributed by atoms with Gasteiger partial charge in [0.05, 0.1) is 6.07 Å². The van der Waals surface area contributed by atoms with Gasteiger partial charge in [-0.25, -0.2) is 0 Å². The molecule has 0 aromatic rings. The van der Waals surface area contributed by atoms with Crippen molar-refractivity contribution in [2.24, 2.45) is 5.92 Å². The molecule has 0 aromatic heterocycles. The normalized spacial score (nSPS) is 42.4. The Hall–Kier alpha value is -0.550. The molecule has 14 heavy (non-hydrogen) atoms. The third kappa shape index (κ3) is 1.35. The number of nitrogens with zero attached hydrogens (tertiary/aromatic N) is 2. The van der Waals surface area contributed by atoms with Gasteiger partial charge in [-0.2, -0.15) is 5.26 Å². The smallest absolute Gasteiger partial charge is 0.0624 e. The predicted octanol–water partition coefficient (Wildman–Crippen LogP) is 2.31. The Labute approximate surface area is 85.9 Å². The summed E-state index contributed by atoms with van der Waals surface area (Å²) < 4.78 is 0. The topological polar surface area (TPSA) is 27.0 Å². The number of fused-ring (bicyclic) bond motifs is 2. The number of hydrogen-bond donors (Lipinski definition) is 0. The maximum atomic E-state index is 8.74. The zero-order chi connectivity index (χ0) is 9.54. The average molecular weight is 190 g/mol. The van der Waals surface area contributed by atoms with Gasteiger partial charge in [-0.1, -0.05) is 0 Å². The molecule has 0 radical (unpaired) electrons. The molecule has 2 saturated heterocycles. The summed E-state index contributed by atoms with van der Waals surface area (Å²) in [5.74, 6) is 0.715. The van der Waals surface area contributed by atoms with E-state index < -0.39 is 0 Å². The highest BCUT2D eigenvalue weighted by molar-refractivity contribution is 5.02. The van der Waals surface area contributed by atoms with Crippen molar-refractivity contribution in [2.75, 3.05) is 0 Å². The molecular formula is C12H18N2. The lowest BCUT2D eigenvalue weighted by Gasteiger charge is -2.38. The molecule has 0 N–H and O–H groups in total. The summed E-state index contributed by atoms with van der Waals surface area (Å²) in [5.41, 5.74) is 0. The van der Waals surface area contributed by atoms with Gasteiger partial charge in [-0.05, 0) is 44.4 Å². The molecule has 2 bridgehead atoms. The predicted molar refractivity (Wildman–Crippen MR) is 54.6 cm³/mol. The van der Waals surface area contributed by atoms with E-state index in [4.69, 9.17) is 5.26 Å². The SMILES string of the molecule is N#CCC1CC2CCC(C1)N2C1CC1. The fraction of sp³-hybridized carbons (Fsp3) is 0.917. The minimum absolute atomic E-state index is 0.715. The van der Waals surface area contributed by atoms with E-state index in [1.807, 2.05) is 0 Å². The van der Waals surface area contributed by atoms with Crippen LogP contribution >= 0.6 is 0 Å². The first-order chi connectivity index (χ1) is 6.88. The molecule has 2 heteroatoms. The van der Waals surface area contributed by atoms with Crippen molar-refractivity contribution in [3.05, 3.63) is 0 Å². The number of piperidine rings is 1. The minimum atomic E-state index is 0.715. The molecule has 3 fully saturated rings. The van der Waals surface area contributed by atoms with Crippen LogP contribution in [0, 0.1) is 17.2 Å². The maximum Gasteiger partial charge on any atom is 0.0624 e. The molecule has 1 saturated carbocycles. The van der Waals surface area contributed by atoms with E-state index in [1.165, 1.54) is 38.5 Å². The summed E-state index contributed by atoms with van der Waals surface area (Å²) in [5, 5.41) is 8.74. The lowest BCUT2D eigenvalue weighted by molar-refractivity contribution is 0.0971. The molecule has 2 heterocycles. The fourth-order valence-corrected chi connectivity index (χ4v) is 3.59. The van der Waals surface area contributed by atoms with Crippen molar-refractivity contribution >= 4 is 0 Å². The summed E-state index contributed by atoms with van der Waals surface area (Å²) >= 11 is 0. The van der Waals surface area contributed by atoms with Gasteiger partial charge in [-0.15, -0.1) is 0 Å². The van der Waals surface area contributed by atoms with Gasteiger partial charge in [-0.3, -0.25) is 4.90 Å². The van der Waals surface area contributed by atoms with Crippen molar-refractivity contribution < 1.29 is 0 Å². The highest BCUT2D eigenvalue weighted by Gasteiger charge is 2.46. The minimum Gasteiger partial charge on any atom is -0.294 e. The van der Waals surface area contributed by atoms with Gasteiger partial charge >= 0.3 is 0 Å². The molecule has 0 spiro atoms. The molecule has 0 aromatic carbocycles. The summed E-state index contributed by atoms with van der Waals surface area (Å²) in [6.45, 7) is 0. The third-order valence-corrected chi connectivity index (χ3v) is 4.24. The largest absolute Gasteiger partial charge is 0.294 e. The van der Waals surface area contributed by atoms with Gasteiger partial charge in [0.2, 0.25) is 0 Å². The van der Waals surface area contributed by atoms with Gasteiger partial charge < -0.3 is 0 Å². The van der Waals surface area contributed by atoms with Crippen LogP contribution in [0.3, 0.4) is 0 Å². The average Bonchev–Trinajstić information content (AvgIpc) is 2.96. The second-order valence-corrected chi connectivity index (χ2v) is 5.26. The summed E-state index contributed by atoms with van der Waals surface area (Å²) in [6, 6.07) is 4.98. The number of rotatable bonds is 2. The standard InChI is InChI=1S/C12H18N2/c13-6-5-9-7-11-3-4-12(8-9)14(11)10-1-2-10/h9-12H,1-5,7-8H2. The summed E-state index contributed by atoms with van der Waals surface area (Å²) in [4.78, 5) is 2.80. The second-order valence-electron chi connectivity index (χ2n) is 5.26. The van der Waals surface area contributed by atoms with Crippen molar-refractivity contribution in [1.82, 2.24) is 4.90 Å². The molecule has 1 aliphatic carbocycles. The molecule has 2 unspecified atom stereocenters. The molecule has 2 atom stereocenters. The molecule has 0 amide bonds. The van der Waals surface area contributed by atoms with E-state index in [0.29, 0.717) is 5.92 Å². The zero-order valence-electron chi connectivity index (χ0n) is 8.65. The lowest BCUT2D eigenvalue weighted by atomic mass is 9.88. The molecule has 2 aliphatic heterocycles. The Morgan fingerprint density at radius 1 is 1.00 bits per heavy atom. The number of hydrogen-bond acceptors (Lipinski definition) is 2. The monoisotopic (exact) mass is 190 g/mol. The Balaban J connectivity index is 1.69. The maximum absolute atomic E-state index is 8.74. The van der Waals surface area contributed by atoms with Crippen LogP contribution in [-0.2, 0) is 0 Å². The Morgan fingerprint density at radius 2 is 1.57 bits per heavy atom. The van der Waals surface area contributed by atoms with Gasteiger partial charge in [0.1, 0.15) is 0 Å². The molecule has 3 rings (SSSR count). The van der Waals surface area contributed by atoms with Crippen LogP contribution < -0.4 is 0 Å². The van der Waals surface area contributed by atoms with Gasteiger partial charge in [0, 0.05) is 24.5 Å². The Bertz CT molecular complexity index is 250. The van der Waals surface area contributed by atoms with Crippen LogP contribution in [0.5, 0.6) is 0 Å². The van der Waals surface area contributed by atoms with Crippen molar-refractivity contribution in [3.63, 3.8) is 0 Å². The summed E-state index contributed by atoms with van der Waals surface area (Å²) in [6.07, 6.45) is 9.10. The van der Waals surface area contributed by atoms with Crippen LogP contribution in [0.15, 0.2) is 0 Å². The molecular weight excluding hydrogens is 172 g/mol. The molecule has 76 valence electrons. The van der Waals surface area contributed by atoms with Gasteiger partial charge in [0.25, 0.3) is 0 Å². The number of nitriles is 1. The van der Waals surface area contributed by atoms with E-state index in [9.17, 15) is 0 Å². The first-order valence-corrected chi connectivity index (χ1v) is 6.03. The molecule has 3 aliphatic rings. The Morgan fingerprint density at radius 3 is 2.07 bits per heavy atom. The summed E-state index contributed by atoms with van der Waals surface area (Å²) in [7, 11) is 0. The van der Waals surface area contributed by atoms with Crippen LogP contribution in [-0.4, -0.2) is 23.0 Å². The quantitative estimate of drug-likeness (QED) is 0.668. The van der Waals surface area contributed by atoms with Gasteiger partial charge in [0.15, 0.2) is 0 Å². The van der Waals surface area contributed by atoms with Crippen molar-refractivity contribution in [3.8, 4) is 6.07 Å². The third-order valence-electron chi connectivity index (χ3n) is 4.24. The van der Waals surface area contributed by atoms with E-state index in [2.05, 4.69) is 11.0 Å². The highest BCUT2D eigenvalue weighted by atomic mass is 15.3. The molecule has 2 nitrogen and oxygen atoms in total. The van der Waals surface area contributed by atoms with Crippen LogP contribution in [0.25, 0.3) is 0 Å². The van der Waals surface area contributed by atoms with E-state index in [0.717, 1.165) is 24.5 Å². The second kappa shape index (κ2) is 3.24.